The summed E-state index contributed by atoms with van der Waals surface area (Å²) in [5.74, 6) is -2.12. The van der Waals surface area contributed by atoms with Gasteiger partial charge in [-0.1, -0.05) is 42.0 Å². The lowest BCUT2D eigenvalue weighted by Crippen LogP contribution is -2.28. The largest absolute Gasteiger partial charge is 0.492 e. The molecule has 0 saturated heterocycles. The van der Waals surface area contributed by atoms with Gasteiger partial charge in [0.15, 0.2) is 11.7 Å². The number of nitrogens with one attached hydrogen (secondary N) is 1. The number of carbonyl (C=O) groups is 2. The molecule has 0 fully saturated rings. The standard InChI is InChI=1S/C19H18N2O3/c1-3-24-17-7-5-4-6-16(17)21-19(23)15(12-20)18(22)14-10-8-13(2)9-11-14/h4-11,15H,3H2,1-2H3,(H,21,23)/t15-/m0/s1. The minimum atomic E-state index is -1.41. The van der Waals surface area contributed by atoms with Crippen LogP contribution in [-0.2, 0) is 4.79 Å². The number of amides is 1. The molecule has 0 aliphatic carbocycles. The lowest BCUT2D eigenvalue weighted by Gasteiger charge is -2.13. The molecule has 2 rings (SSSR count). The highest BCUT2D eigenvalue weighted by Crippen LogP contribution is 2.24. The molecule has 24 heavy (non-hydrogen) atoms. The van der Waals surface area contributed by atoms with E-state index in [1.54, 1.807) is 54.6 Å². The van der Waals surface area contributed by atoms with Gasteiger partial charge in [-0.2, -0.15) is 5.26 Å². The maximum absolute atomic E-state index is 12.4. The number of hydrogen-bond donors (Lipinski definition) is 1. The maximum Gasteiger partial charge on any atom is 0.249 e. The highest BCUT2D eigenvalue weighted by molar-refractivity contribution is 6.15. The summed E-state index contributed by atoms with van der Waals surface area (Å²) in [7, 11) is 0. The molecule has 1 N–H and O–H groups in total. The number of benzene rings is 2. The van der Waals surface area contributed by atoms with Crippen LogP contribution in [0.1, 0.15) is 22.8 Å². The fourth-order valence-electron chi connectivity index (χ4n) is 2.18. The number of nitriles is 1. The van der Waals surface area contributed by atoms with Gasteiger partial charge < -0.3 is 10.1 Å². The third-order valence-corrected chi connectivity index (χ3v) is 3.43. The van der Waals surface area contributed by atoms with Gasteiger partial charge in [-0.15, -0.1) is 0 Å². The fraction of sp³-hybridized carbons (Fsp3) is 0.211. The molecule has 0 radical (unpaired) electrons. The Morgan fingerprint density at radius 1 is 1.17 bits per heavy atom. The Balaban J connectivity index is 2.19. The number of hydrogen-bond acceptors (Lipinski definition) is 4. The van der Waals surface area contributed by atoms with E-state index in [9.17, 15) is 14.9 Å². The molecule has 5 nitrogen and oxygen atoms in total. The summed E-state index contributed by atoms with van der Waals surface area (Å²) in [6.07, 6.45) is 0. The van der Waals surface area contributed by atoms with Crippen molar-refractivity contribution in [3.63, 3.8) is 0 Å². The number of anilines is 1. The van der Waals surface area contributed by atoms with Crippen molar-refractivity contribution in [2.75, 3.05) is 11.9 Å². The Morgan fingerprint density at radius 3 is 2.46 bits per heavy atom. The van der Waals surface area contributed by atoms with Gasteiger partial charge >= 0.3 is 0 Å². The molecule has 0 unspecified atom stereocenters. The highest BCUT2D eigenvalue weighted by Gasteiger charge is 2.28. The molecule has 1 atom stereocenters. The van der Waals surface area contributed by atoms with E-state index in [-0.39, 0.29) is 0 Å². The molecule has 2 aromatic rings. The smallest absolute Gasteiger partial charge is 0.249 e. The van der Waals surface area contributed by atoms with E-state index in [1.165, 1.54) is 0 Å². The van der Waals surface area contributed by atoms with Crippen molar-refractivity contribution in [3.8, 4) is 11.8 Å². The fourth-order valence-corrected chi connectivity index (χ4v) is 2.18. The molecule has 0 heterocycles. The minimum Gasteiger partial charge on any atom is -0.492 e. The van der Waals surface area contributed by atoms with Gasteiger partial charge in [0.25, 0.3) is 0 Å². The molecule has 0 aliphatic heterocycles. The van der Waals surface area contributed by atoms with Crippen LogP contribution in [0, 0.1) is 24.2 Å². The van der Waals surface area contributed by atoms with Crippen LogP contribution < -0.4 is 10.1 Å². The van der Waals surface area contributed by atoms with Gasteiger partial charge in [0.05, 0.1) is 18.4 Å². The minimum absolute atomic E-state index is 0.334. The predicted octanol–water partition coefficient (Wildman–Crippen LogP) is 3.35. The topological polar surface area (TPSA) is 79.2 Å². The molecule has 122 valence electrons. The normalized spacial score (nSPS) is 11.2. The second kappa shape index (κ2) is 7.93. The summed E-state index contributed by atoms with van der Waals surface area (Å²) < 4.78 is 5.43. The van der Waals surface area contributed by atoms with Crippen LogP contribution in [-0.4, -0.2) is 18.3 Å². The van der Waals surface area contributed by atoms with E-state index >= 15 is 0 Å². The Labute approximate surface area is 140 Å². The van der Waals surface area contributed by atoms with Crippen molar-refractivity contribution < 1.29 is 14.3 Å². The van der Waals surface area contributed by atoms with Crippen molar-refractivity contribution >= 4 is 17.4 Å². The number of carbonyl (C=O) groups excluding carboxylic acids is 2. The quantitative estimate of drug-likeness (QED) is 0.653. The number of Topliss-reactive ketones (excluding diaryl/α,β-unsaturated/α-hetero) is 1. The summed E-state index contributed by atoms with van der Waals surface area (Å²) in [6.45, 7) is 4.17. The van der Waals surface area contributed by atoms with Gasteiger partial charge in [0.1, 0.15) is 5.75 Å². The van der Waals surface area contributed by atoms with E-state index < -0.39 is 17.6 Å². The number of para-hydroxylation sites is 2. The van der Waals surface area contributed by atoms with Crippen molar-refractivity contribution in [3.05, 3.63) is 59.7 Å². The van der Waals surface area contributed by atoms with E-state index in [0.29, 0.717) is 23.6 Å². The maximum atomic E-state index is 12.4. The van der Waals surface area contributed by atoms with Crippen molar-refractivity contribution in [1.82, 2.24) is 0 Å². The first-order chi connectivity index (χ1) is 11.6. The summed E-state index contributed by atoms with van der Waals surface area (Å²) in [6, 6.07) is 15.4. The molecule has 0 saturated carbocycles. The van der Waals surface area contributed by atoms with E-state index in [1.807, 2.05) is 13.8 Å². The molecule has 0 bridgehead atoms. The number of ether oxygens (including phenoxy) is 1. The van der Waals surface area contributed by atoms with Gasteiger partial charge in [0.2, 0.25) is 5.91 Å². The molecule has 2 aromatic carbocycles. The van der Waals surface area contributed by atoms with Crippen LogP contribution >= 0.6 is 0 Å². The SMILES string of the molecule is CCOc1ccccc1NC(=O)[C@@H](C#N)C(=O)c1ccc(C)cc1. The Bertz CT molecular complexity index is 776. The van der Waals surface area contributed by atoms with Crippen LogP contribution in [0.4, 0.5) is 5.69 Å². The summed E-state index contributed by atoms with van der Waals surface area (Å²) >= 11 is 0. The van der Waals surface area contributed by atoms with Gasteiger partial charge in [-0.25, -0.2) is 0 Å². The van der Waals surface area contributed by atoms with E-state index in [4.69, 9.17) is 4.74 Å². The lowest BCUT2D eigenvalue weighted by atomic mass is 9.97. The van der Waals surface area contributed by atoms with Crippen LogP contribution in [0.15, 0.2) is 48.5 Å². The number of nitrogens with zero attached hydrogens (tertiary/aromatic N) is 1. The Hall–Kier alpha value is -3.13. The molecular weight excluding hydrogens is 304 g/mol. The van der Waals surface area contributed by atoms with E-state index in [0.717, 1.165) is 5.56 Å². The third-order valence-electron chi connectivity index (χ3n) is 3.43. The number of aryl methyl sites for hydroxylation is 1. The molecule has 0 aliphatic rings. The average Bonchev–Trinajstić information content (AvgIpc) is 2.58. The third kappa shape index (κ3) is 3.99. The Kier molecular flexibility index (Phi) is 5.69. The number of ketones is 1. The molecule has 0 aromatic heterocycles. The van der Waals surface area contributed by atoms with Crippen LogP contribution in [0.25, 0.3) is 0 Å². The van der Waals surface area contributed by atoms with Crippen LogP contribution in [0.2, 0.25) is 0 Å². The average molecular weight is 322 g/mol. The van der Waals surface area contributed by atoms with Crippen LogP contribution in [0.3, 0.4) is 0 Å². The van der Waals surface area contributed by atoms with Gasteiger partial charge in [-0.3, -0.25) is 9.59 Å². The van der Waals surface area contributed by atoms with Crippen molar-refractivity contribution in [2.45, 2.75) is 13.8 Å². The zero-order valence-electron chi connectivity index (χ0n) is 13.6. The predicted molar refractivity (Wildman–Crippen MR) is 90.9 cm³/mol. The Morgan fingerprint density at radius 2 is 1.83 bits per heavy atom. The highest BCUT2D eigenvalue weighted by atomic mass is 16.5. The van der Waals surface area contributed by atoms with Gasteiger partial charge in [-0.05, 0) is 26.0 Å². The summed E-state index contributed by atoms with van der Waals surface area (Å²) in [4.78, 5) is 24.8. The zero-order valence-corrected chi connectivity index (χ0v) is 13.6. The monoisotopic (exact) mass is 322 g/mol. The first kappa shape index (κ1) is 17.2. The lowest BCUT2D eigenvalue weighted by molar-refractivity contribution is -0.117. The van der Waals surface area contributed by atoms with E-state index in [2.05, 4.69) is 5.32 Å². The summed E-state index contributed by atoms with van der Waals surface area (Å²) in [5.41, 5.74) is 1.76. The molecule has 1 amide bonds. The first-order valence-corrected chi connectivity index (χ1v) is 7.60. The zero-order chi connectivity index (χ0) is 17.5. The van der Waals surface area contributed by atoms with Crippen molar-refractivity contribution in [2.24, 2.45) is 5.92 Å². The number of rotatable bonds is 6. The summed E-state index contributed by atoms with van der Waals surface area (Å²) in [5, 5.41) is 11.9. The molecule has 5 heteroatoms. The second-order valence-corrected chi connectivity index (χ2v) is 5.21. The molecule has 0 spiro atoms. The van der Waals surface area contributed by atoms with Crippen molar-refractivity contribution in [1.29, 1.82) is 5.26 Å². The second-order valence-electron chi connectivity index (χ2n) is 5.21. The first-order valence-electron chi connectivity index (χ1n) is 7.60. The van der Waals surface area contributed by atoms with Crippen LogP contribution in [0.5, 0.6) is 5.75 Å². The van der Waals surface area contributed by atoms with Gasteiger partial charge in [0, 0.05) is 5.56 Å². The molecular formula is C19H18N2O3.